The van der Waals surface area contributed by atoms with Gasteiger partial charge in [0.1, 0.15) is 5.75 Å². The molecule has 41 heavy (non-hydrogen) atoms. The summed E-state index contributed by atoms with van der Waals surface area (Å²) in [6, 6.07) is 27.3. The number of carbonyl (C=O) groups is 3. The van der Waals surface area contributed by atoms with Crippen molar-refractivity contribution in [2.45, 2.75) is 26.3 Å². The lowest BCUT2D eigenvalue weighted by molar-refractivity contribution is -0.137. The first-order valence-corrected chi connectivity index (χ1v) is 13.6. The van der Waals surface area contributed by atoms with E-state index in [1.54, 1.807) is 41.4 Å². The molecule has 2 N–H and O–H groups in total. The number of aromatic nitrogens is 1. The Morgan fingerprint density at radius 3 is 2.20 bits per heavy atom. The molecule has 1 heterocycles. The Morgan fingerprint density at radius 1 is 0.829 bits per heavy atom. The van der Waals surface area contributed by atoms with Crippen LogP contribution in [-0.4, -0.2) is 52.5 Å². The van der Waals surface area contributed by atoms with E-state index >= 15 is 0 Å². The Hall–Kier alpha value is -4.98. The van der Waals surface area contributed by atoms with Gasteiger partial charge in [0, 0.05) is 30.4 Å². The first-order chi connectivity index (χ1) is 20.0. The number of para-hydroxylation sites is 1. The number of carbonyl (C=O) groups excluding carboxylic acids is 2. The summed E-state index contributed by atoms with van der Waals surface area (Å²) in [5, 5.41) is 12.3. The molecule has 8 heteroatoms. The van der Waals surface area contributed by atoms with Crippen LogP contribution in [0, 0.1) is 0 Å². The fourth-order valence-electron chi connectivity index (χ4n) is 4.57. The van der Waals surface area contributed by atoms with Crippen LogP contribution < -0.4 is 10.1 Å². The number of rotatable bonds is 13. The van der Waals surface area contributed by atoms with Crippen LogP contribution in [0.15, 0.2) is 97.2 Å². The number of carboxylic acid groups (broad SMARTS) is 1. The molecule has 0 aliphatic carbocycles. The fourth-order valence-corrected chi connectivity index (χ4v) is 4.57. The largest absolute Gasteiger partial charge is 0.494 e. The quantitative estimate of drug-likeness (QED) is 0.235. The van der Waals surface area contributed by atoms with E-state index in [9.17, 15) is 19.5 Å². The van der Waals surface area contributed by atoms with Crippen LogP contribution in [-0.2, 0) is 17.8 Å². The van der Waals surface area contributed by atoms with Crippen molar-refractivity contribution in [1.29, 1.82) is 0 Å². The minimum Gasteiger partial charge on any atom is -0.494 e. The first-order valence-electron chi connectivity index (χ1n) is 13.6. The minimum atomic E-state index is -0.985. The van der Waals surface area contributed by atoms with Crippen LogP contribution in [0.2, 0.25) is 0 Å². The SMILES string of the molecule is CCOc1ccccc1CCN(CCC(=O)O)C(=O)c1ccccc1-c1ccccc1C(=O)NCc1ccccn1. The van der Waals surface area contributed by atoms with Crippen LogP contribution in [0.25, 0.3) is 11.1 Å². The molecule has 0 saturated heterocycles. The minimum absolute atomic E-state index is 0.0471. The number of hydrogen-bond acceptors (Lipinski definition) is 5. The Balaban J connectivity index is 1.61. The number of pyridine rings is 1. The van der Waals surface area contributed by atoms with Crippen LogP contribution >= 0.6 is 0 Å². The highest BCUT2D eigenvalue weighted by molar-refractivity contribution is 6.06. The topological polar surface area (TPSA) is 109 Å². The Morgan fingerprint density at radius 2 is 1.49 bits per heavy atom. The van der Waals surface area contributed by atoms with Gasteiger partial charge in [-0.05, 0) is 60.4 Å². The van der Waals surface area contributed by atoms with Gasteiger partial charge in [-0.1, -0.05) is 60.7 Å². The van der Waals surface area contributed by atoms with Gasteiger partial charge in [0.2, 0.25) is 0 Å². The second-order valence-electron chi connectivity index (χ2n) is 9.32. The smallest absolute Gasteiger partial charge is 0.305 e. The lowest BCUT2D eigenvalue weighted by Crippen LogP contribution is -2.35. The summed E-state index contributed by atoms with van der Waals surface area (Å²) in [7, 11) is 0. The fraction of sp³-hybridized carbons (Fsp3) is 0.212. The van der Waals surface area contributed by atoms with Crippen molar-refractivity contribution in [3.8, 4) is 16.9 Å². The van der Waals surface area contributed by atoms with Gasteiger partial charge in [0.25, 0.3) is 11.8 Å². The second-order valence-corrected chi connectivity index (χ2v) is 9.32. The maximum atomic E-state index is 14.0. The van der Waals surface area contributed by atoms with Crippen LogP contribution in [0.5, 0.6) is 5.75 Å². The van der Waals surface area contributed by atoms with Gasteiger partial charge in [0.05, 0.1) is 25.3 Å². The molecule has 8 nitrogen and oxygen atoms in total. The summed E-state index contributed by atoms with van der Waals surface area (Å²) in [5.41, 5.74) is 3.68. The number of carboxylic acids is 1. The Labute approximate surface area is 239 Å². The van der Waals surface area contributed by atoms with E-state index in [4.69, 9.17) is 4.74 Å². The molecule has 0 spiro atoms. The third-order valence-electron chi connectivity index (χ3n) is 6.58. The molecule has 0 unspecified atom stereocenters. The molecule has 0 radical (unpaired) electrons. The highest BCUT2D eigenvalue weighted by Crippen LogP contribution is 2.29. The van der Waals surface area contributed by atoms with Gasteiger partial charge in [-0.15, -0.1) is 0 Å². The van der Waals surface area contributed by atoms with Gasteiger partial charge >= 0.3 is 5.97 Å². The molecule has 0 fully saturated rings. The van der Waals surface area contributed by atoms with Gasteiger partial charge in [-0.2, -0.15) is 0 Å². The number of amides is 2. The molecule has 0 saturated carbocycles. The Bertz CT molecular complexity index is 1490. The molecule has 0 aliphatic rings. The molecule has 4 rings (SSSR count). The summed E-state index contributed by atoms with van der Waals surface area (Å²) in [6.45, 7) is 3.04. The molecule has 0 aliphatic heterocycles. The average Bonchev–Trinajstić information content (AvgIpc) is 3.01. The lowest BCUT2D eigenvalue weighted by atomic mass is 9.94. The van der Waals surface area contributed by atoms with E-state index in [0.29, 0.717) is 41.8 Å². The summed E-state index contributed by atoms with van der Waals surface area (Å²) in [4.78, 5) is 44.5. The number of benzene rings is 3. The van der Waals surface area contributed by atoms with Gasteiger partial charge in [-0.25, -0.2) is 0 Å². The summed E-state index contributed by atoms with van der Waals surface area (Å²) < 4.78 is 5.73. The zero-order valence-electron chi connectivity index (χ0n) is 23.0. The van der Waals surface area contributed by atoms with Crippen LogP contribution in [0.3, 0.4) is 0 Å². The van der Waals surface area contributed by atoms with E-state index < -0.39 is 5.97 Å². The highest BCUT2D eigenvalue weighted by atomic mass is 16.5. The maximum Gasteiger partial charge on any atom is 0.305 e. The molecule has 2 amide bonds. The average molecular weight is 552 g/mol. The van der Waals surface area contributed by atoms with Crippen molar-refractivity contribution >= 4 is 17.8 Å². The van der Waals surface area contributed by atoms with Crippen molar-refractivity contribution in [1.82, 2.24) is 15.2 Å². The molecular weight excluding hydrogens is 518 g/mol. The summed E-state index contributed by atoms with van der Waals surface area (Å²) in [6.07, 6.45) is 1.98. The van der Waals surface area contributed by atoms with E-state index in [-0.39, 0.29) is 31.3 Å². The Kier molecular flexibility index (Phi) is 10.2. The van der Waals surface area contributed by atoms with Crippen molar-refractivity contribution in [3.63, 3.8) is 0 Å². The molecule has 0 atom stereocenters. The predicted octanol–water partition coefficient (Wildman–Crippen LogP) is 5.24. The summed E-state index contributed by atoms with van der Waals surface area (Å²) in [5.74, 6) is -0.837. The molecular formula is C33H33N3O5. The number of ether oxygens (including phenoxy) is 1. The van der Waals surface area contributed by atoms with Gasteiger partial charge < -0.3 is 20.1 Å². The van der Waals surface area contributed by atoms with Gasteiger partial charge in [0.15, 0.2) is 0 Å². The molecule has 0 bridgehead atoms. The van der Waals surface area contributed by atoms with Crippen LogP contribution in [0.4, 0.5) is 0 Å². The normalized spacial score (nSPS) is 10.6. The molecule has 210 valence electrons. The van der Waals surface area contributed by atoms with E-state index in [1.807, 2.05) is 67.6 Å². The summed E-state index contributed by atoms with van der Waals surface area (Å²) >= 11 is 0. The number of nitrogens with zero attached hydrogens (tertiary/aromatic N) is 2. The van der Waals surface area contributed by atoms with Crippen molar-refractivity contribution in [2.75, 3.05) is 19.7 Å². The zero-order valence-corrected chi connectivity index (χ0v) is 23.0. The lowest BCUT2D eigenvalue weighted by Gasteiger charge is -2.24. The zero-order chi connectivity index (χ0) is 29.0. The predicted molar refractivity (Wildman–Crippen MR) is 157 cm³/mol. The number of nitrogens with one attached hydrogen (secondary N) is 1. The number of aliphatic carboxylic acids is 1. The van der Waals surface area contributed by atoms with Crippen LogP contribution in [0.1, 0.15) is 45.3 Å². The van der Waals surface area contributed by atoms with E-state index in [1.165, 1.54) is 0 Å². The molecule has 4 aromatic rings. The number of hydrogen-bond donors (Lipinski definition) is 2. The second kappa shape index (κ2) is 14.4. The van der Waals surface area contributed by atoms with Crippen molar-refractivity contribution < 1.29 is 24.2 Å². The molecule has 1 aromatic heterocycles. The van der Waals surface area contributed by atoms with Crippen molar-refractivity contribution in [2.24, 2.45) is 0 Å². The first kappa shape index (κ1) is 29.0. The maximum absolute atomic E-state index is 14.0. The third-order valence-corrected chi connectivity index (χ3v) is 6.58. The monoisotopic (exact) mass is 551 g/mol. The van der Waals surface area contributed by atoms with E-state index in [0.717, 1.165) is 17.0 Å². The van der Waals surface area contributed by atoms with E-state index in [2.05, 4.69) is 10.3 Å². The highest BCUT2D eigenvalue weighted by Gasteiger charge is 2.23. The van der Waals surface area contributed by atoms with Crippen molar-refractivity contribution in [3.05, 3.63) is 120 Å². The third kappa shape index (κ3) is 7.79. The molecule has 3 aromatic carbocycles. The van der Waals surface area contributed by atoms with Gasteiger partial charge in [-0.3, -0.25) is 19.4 Å². The standard InChI is InChI=1S/C33H33N3O5/c1-2-41-30-17-8-3-11-24(30)18-21-36(22-19-31(37)38)33(40)29-16-7-5-14-27(29)26-13-4-6-15-28(26)32(39)35-23-25-12-9-10-20-34-25/h3-17,20H,2,18-19,21-23H2,1H3,(H,35,39)(H,37,38).